The lowest BCUT2D eigenvalue weighted by atomic mass is 10.1. The van der Waals surface area contributed by atoms with Crippen molar-refractivity contribution in [1.29, 1.82) is 0 Å². The van der Waals surface area contributed by atoms with Crippen LogP contribution in [0.4, 0.5) is 0 Å². The number of halogens is 2. The highest BCUT2D eigenvalue weighted by Crippen LogP contribution is 2.21. The van der Waals surface area contributed by atoms with Gasteiger partial charge in [0.25, 0.3) is 0 Å². The molecule has 1 aromatic carbocycles. The van der Waals surface area contributed by atoms with Crippen LogP contribution >= 0.6 is 23.2 Å². The maximum atomic E-state index is 6.15. The average Bonchev–Trinajstić information content (AvgIpc) is 2.32. The van der Waals surface area contributed by atoms with Crippen molar-refractivity contribution in [3.63, 3.8) is 0 Å². The van der Waals surface area contributed by atoms with Gasteiger partial charge in [0.05, 0.1) is 0 Å². The van der Waals surface area contributed by atoms with Gasteiger partial charge in [0.1, 0.15) is 0 Å². The lowest BCUT2D eigenvalue weighted by Crippen LogP contribution is -2.30. The largest absolute Gasteiger partial charge is 0.314 e. The Morgan fingerprint density at radius 3 is 2.33 bits per heavy atom. The second-order valence-electron chi connectivity index (χ2n) is 4.71. The molecule has 0 aliphatic heterocycles. The molecule has 1 N–H and O–H groups in total. The van der Waals surface area contributed by atoms with Crippen LogP contribution in [0, 0.1) is 0 Å². The Hall–Kier alpha value is -0.240. The molecule has 1 rings (SSSR count). The van der Waals surface area contributed by atoms with Gasteiger partial charge in [-0.1, -0.05) is 56.0 Å². The standard InChI is InChI=1S/C15H23Cl2N/c1-3-5-14(6-4-2)18-10-9-12-7-8-13(16)11-15(12)17/h7-8,11,14,18H,3-6,9-10H2,1-2H3. The fourth-order valence-corrected chi connectivity index (χ4v) is 2.68. The predicted molar refractivity (Wildman–Crippen MR) is 81.8 cm³/mol. The molecule has 0 saturated heterocycles. The van der Waals surface area contributed by atoms with Crippen LogP contribution in [-0.4, -0.2) is 12.6 Å². The Balaban J connectivity index is 2.39. The zero-order chi connectivity index (χ0) is 13.4. The van der Waals surface area contributed by atoms with Crippen molar-refractivity contribution in [3.8, 4) is 0 Å². The molecule has 1 aromatic rings. The zero-order valence-electron chi connectivity index (χ0n) is 11.3. The van der Waals surface area contributed by atoms with Crippen LogP contribution in [0.25, 0.3) is 0 Å². The molecule has 0 aromatic heterocycles. The Labute approximate surface area is 121 Å². The Bertz CT molecular complexity index is 346. The minimum absolute atomic E-state index is 0.645. The molecule has 0 heterocycles. The molecule has 0 radical (unpaired) electrons. The van der Waals surface area contributed by atoms with Crippen molar-refractivity contribution in [3.05, 3.63) is 33.8 Å². The summed E-state index contributed by atoms with van der Waals surface area (Å²) in [6.07, 6.45) is 5.93. The van der Waals surface area contributed by atoms with E-state index in [-0.39, 0.29) is 0 Å². The molecular formula is C15H23Cl2N. The van der Waals surface area contributed by atoms with Gasteiger partial charge in [-0.3, -0.25) is 0 Å². The van der Waals surface area contributed by atoms with E-state index in [1.807, 2.05) is 18.2 Å². The molecule has 0 bridgehead atoms. The first-order valence-corrected chi connectivity index (χ1v) is 7.60. The SMILES string of the molecule is CCCC(CCC)NCCc1ccc(Cl)cc1Cl. The lowest BCUT2D eigenvalue weighted by Gasteiger charge is -2.17. The van der Waals surface area contributed by atoms with E-state index in [9.17, 15) is 0 Å². The van der Waals surface area contributed by atoms with E-state index in [0.717, 1.165) is 18.0 Å². The summed E-state index contributed by atoms with van der Waals surface area (Å²) >= 11 is 12.0. The van der Waals surface area contributed by atoms with Crippen LogP contribution in [0.1, 0.15) is 45.1 Å². The van der Waals surface area contributed by atoms with Gasteiger partial charge in [-0.05, 0) is 43.5 Å². The molecule has 3 heteroatoms. The van der Waals surface area contributed by atoms with Gasteiger partial charge in [0.2, 0.25) is 0 Å². The fraction of sp³-hybridized carbons (Fsp3) is 0.600. The second kappa shape index (κ2) is 8.79. The van der Waals surface area contributed by atoms with Gasteiger partial charge in [-0.15, -0.1) is 0 Å². The van der Waals surface area contributed by atoms with Crippen LogP contribution in [0.2, 0.25) is 10.0 Å². The Kier molecular flexibility index (Phi) is 7.73. The van der Waals surface area contributed by atoms with Crippen molar-refractivity contribution in [2.45, 2.75) is 52.0 Å². The van der Waals surface area contributed by atoms with Crippen molar-refractivity contribution in [2.24, 2.45) is 0 Å². The van der Waals surface area contributed by atoms with Gasteiger partial charge in [-0.2, -0.15) is 0 Å². The summed E-state index contributed by atoms with van der Waals surface area (Å²) in [5, 5.41) is 5.09. The van der Waals surface area contributed by atoms with E-state index in [2.05, 4.69) is 19.2 Å². The quantitative estimate of drug-likeness (QED) is 0.702. The van der Waals surface area contributed by atoms with E-state index in [1.165, 1.54) is 31.2 Å². The molecule has 0 saturated carbocycles. The topological polar surface area (TPSA) is 12.0 Å². The molecule has 0 spiro atoms. The molecule has 0 aliphatic rings. The first kappa shape index (κ1) is 15.8. The average molecular weight is 288 g/mol. The van der Waals surface area contributed by atoms with E-state index in [4.69, 9.17) is 23.2 Å². The van der Waals surface area contributed by atoms with Gasteiger partial charge in [-0.25, -0.2) is 0 Å². The summed E-state index contributed by atoms with van der Waals surface area (Å²) in [6.45, 7) is 5.45. The molecule has 1 nitrogen and oxygen atoms in total. The van der Waals surface area contributed by atoms with Gasteiger partial charge >= 0.3 is 0 Å². The minimum Gasteiger partial charge on any atom is -0.314 e. The summed E-state index contributed by atoms with van der Waals surface area (Å²) in [5.74, 6) is 0. The molecular weight excluding hydrogens is 265 g/mol. The number of nitrogens with one attached hydrogen (secondary N) is 1. The Morgan fingerprint density at radius 2 is 1.78 bits per heavy atom. The Morgan fingerprint density at radius 1 is 1.11 bits per heavy atom. The highest BCUT2D eigenvalue weighted by atomic mass is 35.5. The zero-order valence-corrected chi connectivity index (χ0v) is 12.8. The molecule has 0 unspecified atom stereocenters. The number of hydrogen-bond donors (Lipinski definition) is 1. The summed E-state index contributed by atoms with van der Waals surface area (Å²) in [7, 11) is 0. The third-order valence-corrected chi connectivity index (χ3v) is 3.70. The summed E-state index contributed by atoms with van der Waals surface area (Å²) in [4.78, 5) is 0. The van der Waals surface area contributed by atoms with Crippen molar-refractivity contribution < 1.29 is 0 Å². The number of hydrogen-bond acceptors (Lipinski definition) is 1. The van der Waals surface area contributed by atoms with E-state index >= 15 is 0 Å². The summed E-state index contributed by atoms with van der Waals surface area (Å²) < 4.78 is 0. The third kappa shape index (κ3) is 5.60. The van der Waals surface area contributed by atoms with E-state index in [1.54, 1.807) is 0 Å². The van der Waals surface area contributed by atoms with Gasteiger partial charge in [0, 0.05) is 16.1 Å². The highest BCUT2D eigenvalue weighted by molar-refractivity contribution is 6.35. The monoisotopic (exact) mass is 287 g/mol. The maximum absolute atomic E-state index is 6.15. The molecule has 102 valence electrons. The van der Waals surface area contributed by atoms with Crippen LogP contribution in [0.3, 0.4) is 0 Å². The van der Waals surface area contributed by atoms with Gasteiger partial charge in [0.15, 0.2) is 0 Å². The number of benzene rings is 1. The van der Waals surface area contributed by atoms with Crippen molar-refractivity contribution in [2.75, 3.05) is 6.54 Å². The van der Waals surface area contributed by atoms with Crippen molar-refractivity contribution in [1.82, 2.24) is 5.32 Å². The van der Waals surface area contributed by atoms with Crippen LogP contribution in [0.15, 0.2) is 18.2 Å². The first-order valence-electron chi connectivity index (χ1n) is 6.84. The lowest BCUT2D eigenvalue weighted by molar-refractivity contribution is 0.447. The maximum Gasteiger partial charge on any atom is 0.0453 e. The second-order valence-corrected chi connectivity index (χ2v) is 5.56. The number of rotatable bonds is 8. The smallest absolute Gasteiger partial charge is 0.0453 e. The third-order valence-electron chi connectivity index (χ3n) is 3.12. The van der Waals surface area contributed by atoms with Crippen LogP contribution in [0.5, 0.6) is 0 Å². The van der Waals surface area contributed by atoms with E-state index < -0.39 is 0 Å². The first-order chi connectivity index (χ1) is 8.67. The molecule has 0 amide bonds. The molecule has 0 fully saturated rings. The molecule has 0 atom stereocenters. The normalized spacial score (nSPS) is 11.2. The minimum atomic E-state index is 0.645. The van der Waals surface area contributed by atoms with Crippen LogP contribution in [-0.2, 0) is 6.42 Å². The van der Waals surface area contributed by atoms with Crippen LogP contribution < -0.4 is 5.32 Å². The predicted octanol–water partition coefficient (Wildman–Crippen LogP) is 5.09. The molecule has 0 aliphatic carbocycles. The molecule has 18 heavy (non-hydrogen) atoms. The fourth-order valence-electron chi connectivity index (χ4n) is 2.18. The van der Waals surface area contributed by atoms with Crippen molar-refractivity contribution >= 4 is 23.2 Å². The van der Waals surface area contributed by atoms with Gasteiger partial charge < -0.3 is 5.32 Å². The summed E-state index contributed by atoms with van der Waals surface area (Å²) in [6, 6.07) is 6.37. The highest BCUT2D eigenvalue weighted by Gasteiger charge is 2.06. The van der Waals surface area contributed by atoms with E-state index in [0.29, 0.717) is 11.1 Å². The summed E-state index contributed by atoms with van der Waals surface area (Å²) in [5.41, 5.74) is 1.17.